The summed E-state index contributed by atoms with van der Waals surface area (Å²) in [5.41, 5.74) is 0. The second-order valence-corrected chi connectivity index (χ2v) is 16.6. The molecule has 4 rings (SSSR count). The number of ether oxygens (including phenoxy) is 7. The summed E-state index contributed by atoms with van der Waals surface area (Å²) in [6.07, 6.45) is -17.3. The zero-order valence-corrected chi connectivity index (χ0v) is 34.6. The van der Waals surface area contributed by atoms with Gasteiger partial charge in [0.2, 0.25) is 18.1 Å². The fraction of sp³-hybridized carbons (Fsp3) is 0.917. The molecule has 4 aliphatic heterocycles. The molecule has 2 amide bonds. The average Bonchev–Trinajstić information content (AvgIpc) is 3.11. The number of hydrogen-bond acceptors (Lipinski definition) is 28. The highest BCUT2D eigenvalue weighted by Crippen LogP contribution is 2.33. The summed E-state index contributed by atoms with van der Waals surface area (Å²) in [4.78, 5) is 24.5. The van der Waals surface area contributed by atoms with Crippen LogP contribution in [-0.4, -0.2) is 168 Å². The Hall–Kier alpha value is -1.35. The van der Waals surface area contributed by atoms with Crippen LogP contribution >= 0.6 is 24.6 Å². The van der Waals surface area contributed by atoms with E-state index in [1.54, 1.807) is 0 Å². The molecule has 4 heterocycles. The lowest BCUT2D eigenvalue weighted by molar-refractivity contribution is -0.434. The molecule has 60 heavy (non-hydrogen) atoms. The van der Waals surface area contributed by atoms with Crippen molar-refractivity contribution in [3.63, 3.8) is 0 Å². The lowest BCUT2D eigenvalue weighted by Gasteiger charge is -2.45. The van der Waals surface area contributed by atoms with Gasteiger partial charge in [-0.2, -0.15) is 25.3 Å². The fourth-order valence-corrected chi connectivity index (χ4v) is 8.13. The van der Waals surface area contributed by atoms with Crippen molar-refractivity contribution >= 4 is 67.7 Å². The van der Waals surface area contributed by atoms with Crippen molar-refractivity contribution in [2.24, 2.45) is 0 Å². The molecule has 0 aliphatic carbocycles. The number of carbonyl (C=O) groups is 2. The SMILES string of the molecule is CC(=O)NC1C(OC2OCC(OSOOO)CC2OS(=O)(=O)O)CCOC1OC1COC(OC2C(OSOOO)COC(OS(=O)(=O)O)C2NC(C)=O)C(OS(=O)(=O)O)C1. The maximum absolute atomic E-state index is 12.4. The Kier molecular flexibility index (Phi) is 20.1. The van der Waals surface area contributed by atoms with Crippen LogP contribution < -0.4 is 10.6 Å². The molecule has 0 saturated carbocycles. The van der Waals surface area contributed by atoms with Crippen LogP contribution in [0.1, 0.15) is 33.1 Å². The molecule has 13 unspecified atom stereocenters. The molecule has 0 bridgehead atoms. The molecule has 0 aromatic carbocycles. The molecule has 13 atom stereocenters. The van der Waals surface area contributed by atoms with E-state index in [1.807, 2.05) is 0 Å². The molecule has 36 heteroatoms. The van der Waals surface area contributed by atoms with Gasteiger partial charge in [-0.25, -0.2) is 23.1 Å². The van der Waals surface area contributed by atoms with Gasteiger partial charge in [-0.15, -0.1) is 8.67 Å². The smallest absolute Gasteiger partial charge is 0.350 e. The number of hydrogen-bond donors (Lipinski definition) is 7. The van der Waals surface area contributed by atoms with E-state index in [2.05, 4.69) is 33.6 Å². The summed E-state index contributed by atoms with van der Waals surface area (Å²) >= 11 is 0.170. The minimum absolute atomic E-state index is 0.00177. The maximum atomic E-state index is 12.4. The van der Waals surface area contributed by atoms with E-state index in [9.17, 15) is 48.5 Å². The molecular formula is C24H40N2O29S5. The molecule has 4 saturated heterocycles. The van der Waals surface area contributed by atoms with Crippen molar-refractivity contribution < 1.29 is 132 Å². The van der Waals surface area contributed by atoms with Crippen LogP contribution in [0.25, 0.3) is 0 Å². The number of amides is 2. The van der Waals surface area contributed by atoms with Gasteiger partial charge >= 0.3 is 31.2 Å². The Morgan fingerprint density at radius 1 is 0.583 bits per heavy atom. The van der Waals surface area contributed by atoms with E-state index in [0.717, 1.165) is 13.8 Å². The molecule has 7 N–H and O–H groups in total. The van der Waals surface area contributed by atoms with E-state index >= 15 is 0 Å². The quantitative estimate of drug-likeness (QED) is 0.0197. The summed E-state index contributed by atoms with van der Waals surface area (Å²) in [6, 6.07) is -2.92. The van der Waals surface area contributed by atoms with E-state index in [4.69, 9.17) is 60.4 Å². The van der Waals surface area contributed by atoms with Crippen LogP contribution in [0, 0.1) is 0 Å². The monoisotopic (exact) mass is 980 g/mol. The Labute approximate surface area is 348 Å². The van der Waals surface area contributed by atoms with E-state index in [0.29, 0.717) is 0 Å². The molecule has 350 valence electrons. The van der Waals surface area contributed by atoms with Gasteiger partial charge in [0.15, 0.2) is 43.5 Å². The van der Waals surface area contributed by atoms with Crippen molar-refractivity contribution in [2.75, 3.05) is 26.4 Å². The topological polar surface area (TPSA) is 409 Å². The highest BCUT2D eigenvalue weighted by molar-refractivity contribution is 7.90. The lowest BCUT2D eigenvalue weighted by atomic mass is 10.0. The number of rotatable bonds is 22. The van der Waals surface area contributed by atoms with Gasteiger partial charge in [-0.3, -0.25) is 31.6 Å². The van der Waals surface area contributed by atoms with Crippen molar-refractivity contribution in [2.45, 2.75) is 113 Å². The zero-order valence-electron chi connectivity index (χ0n) is 30.5. The van der Waals surface area contributed by atoms with Crippen molar-refractivity contribution in [3.8, 4) is 0 Å². The van der Waals surface area contributed by atoms with Crippen molar-refractivity contribution in [1.82, 2.24) is 10.6 Å². The third kappa shape index (κ3) is 17.3. The Bertz CT molecular complexity index is 1710. The molecule has 31 nitrogen and oxygen atoms in total. The first-order chi connectivity index (χ1) is 28.1. The maximum Gasteiger partial charge on any atom is 0.399 e. The van der Waals surface area contributed by atoms with Gasteiger partial charge in [0, 0.05) is 26.7 Å². The normalized spacial score (nSPS) is 34.5. The van der Waals surface area contributed by atoms with Gasteiger partial charge in [-0.05, 0) is 6.42 Å². The molecule has 0 aromatic rings. The third-order valence-corrected chi connectivity index (χ3v) is 10.5. The van der Waals surface area contributed by atoms with Crippen LogP contribution in [0.2, 0.25) is 0 Å². The predicted octanol–water partition coefficient (Wildman–Crippen LogP) is -2.32. The fourth-order valence-electron chi connectivity index (χ4n) is 6.13. The Balaban J connectivity index is 1.53. The number of carbonyl (C=O) groups excluding carboxylic acids is 2. The minimum Gasteiger partial charge on any atom is -0.350 e. The molecule has 0 spiro atoms. The average molecular weight is 981 g/mol. The van der Waals surface area contributed by atoms with Gasteiger partial charge < -0.3 is 43.8 Å². The second-order valence-electron chi connectivity index (χ2n) is 12.5. The highest BCUT2D eigenvalue weighted by atomic mass is 32.3. The van der Waals surface area contributed by atoms with E-state index in [-0.39, 0.29) is 50.7 Å². The summed E-state index contributed by atoms with van der Waals surface area (Å²) < 4.78 is 172. The predicted molar refractivity (Wildman–Crippen MR) is 183 cm³/mol. The Morgan fingerprint density at radius 2 is 1.10 bits per heavy atom. The zero-order chi connectivity index (χ0) is 44.3. The van der Waals surface area contributed by atoms with Crippen LogP contribution in [0.15, 0.2) is 0 Å². The van der Waals surface area contributed by atoms with Gasteiger partial charge in [-0.1, -0.05) is 10.1 Å². The number of nitrogens with one attached hydrogen (secondary N) is 2. The van der Waals surface area contributed by atoms with Crippen LogP contribution in [0.5, 0.6) is 0 Å². The highest BCUT2D eigenvalue weighted by Gasteiger charge is 2.50. The van der Waals surface area contributed by atoms with E-state index < -0.39 is 143 Å². The van der Waals surface area contributed by atoms with Crippen LogP contribution in [0.3, 0.4) is 0 Å². The largest absolute Gasteiger partial charge is 0.399 e. The lowest BCUT2D eigenvalue weighted by Crippen LogP contribution is -2.64. The Morgan fingerprint density at radius 3 is 1.67 bits per heavy atom. The molecule has 0 radical (unpaired) electrons. The van der Waals surface area contributed by atoms with Crippen LogP contribution in [-0.2, 0) is 114 Å². The first kappa shape index (κ1) is 51.3. The first-order valence-corrected chi connectivity index (χ1v) is 22.1. The summed E-state index contributed by atoms with van der Waals surface area (Å²) in [5, 5.41) is 28.5. The molecule has 0 aromatic heterocycles. The summed E-state index contributed by atoms with van der Waals surface area (Å²) in [5.74, 6) is -1.46. The van der Waals surface area contributed by atoms with Crippen molar-refractivity contribution in [3.05, 3.63) is 0 Å². The minimum atomic E-state index is -5.31. The molecule has 4 aliphatic rings. The summed E-state index contributed by atoms with van der Waals surface area (Å²) in [7, 11) is -15.6. The first-order valence-electron chi connectivity index (χ1n) is 16.7. The van der Waals surface area contributed by atoms with Gasteiger partial charge in [0.25, 0.3) is 0 Å². The van der Waals surface area contributed by atoms with Crippen molar-refractivity contribution in [1.29, 1.82) is 0 Å². The third-order valence-electron chi connectivity index (χ3n) is 8.13. The molecular weight excluding hydrogens is 941 g/mol. The standard InChI is InChI=1S/C24H40N2O29S5/c1-10(27)25-18-14(45-21-16(50-59(34,35)36)6-13(8-42-21)47-56-54-52-29)3-4-40-23(18)44-12-5-15(49-58(31,32)33)22(41-7-12)46-20-17(48-57-55-53-30)9-43-24(51-60(37,38)39)19(20)26-11(2)28/h12-24,29-30H,3-9H2,1-2H3,(H,25,27)(H,26,28)(H,31,32,33)(H,34,35,36)(H,37,38,39). The van der Waals surface area contributed by atoms with Crippen LogP contribution in [0.4, 0.5) is 0 Å². The molecule has 4 fully saturated rings. The second kappa shape index (κ2) is 23.5. The van der Waals surface area contributed by atoms with Gasteiger partial charge in [0.05, 0.1) is 38.6 Å². The van der Waals surface area contributed by atoms with E-state index in [1.165, 1.54) is 0 Å². The van der Waals surface area contributed by atoms with Gasteiger partial charge in [0.1, 0.15) is 42.6 Å². The summed E-state index contributed by atoms with van der Waals surface area (Å²) in [6.45, 7) is 0.602.